The van der Waals surface area contributed by atoms with E-state index in [1.165, 1.54) is 0 Å². The Kier molecular flexibility index (Phi) is 4.01. The molecule has 0 radical (unpaired) electrons. The highest BCUT2D eigenvalue weighted by atomic mass is 35.5. The maximum atomic E-state index is 9.76. The average molecular weight is 276 g/mol. The first-order chi connectivity index (χ1) is 8.97. The first-order valence-corrected chi connectivity index (χ1v) is 6.64. The molecule has 2 N–H and O–H groups in total. The SMILES string of the molecule is Cc1ccc(Cl)cc1NCc1cc(C)c(O)c(C)c1. The molecule has 0 atom stereocenters. The van der Waals surface area contributed by atoms with Gasteiger partial charge in [0.2, 0.25) is 0 Å². The number of phenolic OH excluding ortho intramolecular Hbond substituents is 1. The van der Waals surface area contributed by atoms with Crippen LogP contribution in [0.15, 0.2) is 30.3 Å². The van der Waals surface area contributed by atoms with Crippen LogP contribution >= 0.6 is 11.6 Å². The van der Waals surface area contributed by atoms with Gasteiger partial charge in [-0.1, -0.05) is 29.8 Å². The van der Waals surface area contributed by atoms with Crippen LogP contribution in [0.2, 0.25) is 5.02 Å². The predicted molar refractivity (Wildman–Crippen MR) is 81.1 cm³/mol. The van der Waals surface area contributed by atoms with Crippen LogP contribution in [-0.2, 0) is 6.54 Å². The topological polar surface area (TPSA) is 32.3 Å². The van der Waals surface area contributed by atoms with Gasteiger partial charge in [0, 0.05) is 17.3 Å². The van der Waals surface area contributed by atoms with E-state index in [1.54, 1.807) is 0 Å². The summed E-state index contributed by atoms with van der Waals surface area (Å²) in [6, 6.07) is 9.80. The zero-order valence-corrected chi connectivity index (χ0v) is 12.2. The molecule has 0 heterocycles. The van der Waals surface area contributed by atoms with Crippen LogP contribution in [0.3, 0.4) is 0 Å². The molecule has 0 amide bonds. The Labute approximate surface area is 119 Å². The van der Waals surface area contributed by atoms with Gasteiger partial charge in [-0.15, -0.1) is 0 Å². The predicted octanol–water partition coefficient (Wildman–Crippen LogP) is 4.58. The van der Waals surface area contributed by atoms with Crippen LogP contribution in [0.1, 0.15) is 22.3 Å². The molecular formula is C16H18ClNO. The van der Waals surface area contributed by atoms with Gasteiger partial charge in [0.15, 0.2) is 0 Å². The highest BCUT2D eigenvalue weighted by molar-refractivity contribution is 6.30. The second-order valence-electron chi connectivity index (χ2n) is 4.89. The monoisotopic (exact) mass is 275 g/mol. The Balaban J connectivity index is 2.17. The fourth-order valence-electron chi connectivity index (χ4n) is 2.13. The maximum Gasteiger partial charge on any atom is 0.121 e. The van der Waals surface area contributed by atoms with Gasteiger partial charge < -0.3 is 10.4 Å². The summed E-state index contributed by atoms with van der Waals surface area (Å²) in [4.78, 5) is 0. The zero-order chi connectivity index (χ0) is 14.0. The Bertz CT molecular complexity index is 585. The molecule has 3 heteroatoms. The lowest BCUT2D eigenvalue weighted by atomic mass is 10.1. The van der Waals surface area contributed by atoms with Crippen molar-refractivity contribution in [1.29, 1.82) is 0 Å². The number of nitrogens with one attached hydrogen (secondary N) is 1. The summed E-state index contributed by atoms with van der Waals surface area (Å²) in [5, 5.41) is 13.9. The summed E-state index contributed by atoms with van der Waals surface area (Å²) < 4.78 is 0. The van der Waals surface area contributed by atoms with Gasteiger partial charge in [-0.05, 0) is 55.2 Å². The van der Waals surface area contributed by atoms with Crippen molar-refractivity contribution in [2.45, 2.75) is 27.3 Å². The van der Waals surface area contributed by atoms with Crippen LogP contribution in [0.5, 0.6) is 5.75 Å². The number of benzene rings is 2. The van der Waals surface area contributed by atoms with Gasteiger partial charge in [-0.3, -0.25) is 0 Å². The van der Waals surface area contributed by atoms with Crippen molar-refractivity contribution >= 4 is 17.3 Å². The van der Waals surface area contributed by atoms with Crippen LogP contribution < -0.4 is 5.32 Å². The Morgan fingerprint density at radius 2 is 1.63 bits per heavy atom. The second kappa shape index (κ2) is 5.54. The molecule has 0 aromatic heterocycles. The van der Waals surface area contributed by atoms with Crippen molar-refractivity contribution < 1.29 is 5.11 Å². The lowest BCUT2D eigenvalue weighted by Crippen LogP contribution is -2.02. The van der Waals surface area contributed by atoms with Crippen molar-refractivity contribution in [3.63, 3.8) is 0 Å². The quantitative estimate of drug-likeness (QED) is 0.859. The third kappa shape index (κ3) is 3.21. The molecule has 0 aliphatic rings. The van der Waals surface area contributed by atoms with E-state index in [4.69, 9.17) is 11.6 Å². The normalized spacial score (nSPS) is 10.5. The molecule has 2 aromatic rings. The van der Waals surface area contributed by atoms with E-state index in [-0.39, 0.29) is 0 Å². The summed E-state index contributed by atoms with van der Waals surface area (Å²) in [6.07, 6.45) is 0. The van der Waals surface area contributed by atoms with Crippen molar-refractivity contribution in [2.24, 2.45) is 0 Å². The van der Waals surface area contributed by atoms with Gasteiger partial charge in [-0.2, -0.15) is 0 Å². The number of hydrogen-bond donors (Lipinski definition) is 2. The minimum absolute atomic E-state index is 0.377. The van der Waals surface area contributed by atoms with Gasteiger partial charge in [0.25, 0.3) is 0 Å². The highest BCUT2D eigenvalue weighted by Gasteiger charge is 2.04. The van der Waals surface area contributed by atoms with E-state index < -0.39 is 0 Å². The van der Waals surface area contributed by atoms with E-state index >= 15 is 0 Å². The van der Waals surface area contributed by atoms with Gasteiger partial charge in [-0.25, -0.2) is 0 Å². The van der Waals surface area contributed by atoms with Gasteiger partial charge >= 0.3 is 0 Å². The number of aromatic hydroxyl groups is 1. The molecule has 0 saturated carbocycles. The molecule has 0 fully saturated rings. The molecule has 100 valence electrons. The average Bonchev–Trinajstić information content (AvgIpc) is 2.37. The van der Waals surface area contributed by atoms with E-state index in [2.05, 4.69) is 5.32 Å². The second-order valence-corrected chi connectivity index (χ2v) is 5.33. The van der Waals surface area contributed by atoms with Crippen molar-refractivity contribution in [3.8, 4) is 5.75 Å². The number of halogens is 1. The lowest BCUT2D eigenvalue weighted by Gasteiger charge is -2.12. The summed E-state index contributed by atoms with van der Waals surface area (Å²) in [5.41, 5.74) is 5.15. The molecule has 0 spiro atoms. The molecule has 2 rings (SSSR count). The number of hydrogen-bond acceptors (Lipinski definition) is 2. The van der Waals surface area contributed by atoms with E-state index in [0.29, 0.717) is 12.3 Å². The van der Waals surface area contributed by atoms with E-state index in [0.717, 1.165) is 33.0 Å². The van der Waals surface area contributed by atoms with Crippen LogP contribution in [0, 0.1) is 20.8 Å². The van der Waals surface area contributed by atoms with Crippen molar-refractivity contribution in [2.75, 3.05) is 5.32 Å². The molecule has 0 aliphatic carbocycles. The Morgan fingerprint density at radius 3 is 2.26 bits per heavy atom. The molecule has 0 saturated heterocycles. The number of anilines is 1. The smallest absolute Gasteiger partial charge is 0.121 e. The molecule has 0 bridgehead atoms. The van der Waals surface area contributed by atoms with Gasteiger partial charge in [0.05, 0.1) is 0 Å². The third-order valence-electron chi connectivity index (χ3n) is 3.23. The first-order valence-electron chi connectivity index (χ1n) is 6.26. The number of rotatable bonds is 3. The number of phenols is 1. The molecule has 2 aromatic carbocycles. The Hall–Kier alpha value is -1.67. The standard InChI is InChI=1S/C16H18ClNO/c1-10-4-5-14(17)8-15(10)18-9-13-6-11(2)16(19)12(3)7-13/h4-8,18-19H,9H2,1-3H3. The van der Waals surface area contributed by atoms with Crippen LogP contribution in [0.4, 0.5) is 5.69 Å². The summed E-state index contributed by atoms with van der Waals surface area (Å²) in [7, 11) is 0. The minimum Gasteiger partial charge on any atom is -0.507 e. The van der Waals surface area contributed by atoms with E-state index in [1.807, 2.05) is 51.1 Å². The third-order valence-corrected chi connectivity index (χ3v) is 3.47. The summed E-state index contributed by atoms with van der Waals surface area (Å²) >= 11 is 6.00. The highest BCUT2D eigenvalue weighted by Crippen LogP contribution is 2.24. The largest absolute Gasteiger partial charge is 0.507 e. The van der Waals surface area contributed by atoms with Crippen molar-refractivity contribution in [1.82, 2.24) is 0 Å². The molecular weight excluding hydrogens is 258 g/mol. The fourth-order valence-corrected chi connectivity index (χ4v) is 2.30. The van der Waals surface area contributed by atoms with Crippen LogP contribution in [-0.4, -0.2) is 5.11 Å². The summed E-state index contributed by atoms with van der Waals surface area (Å²) in [6.45, 7) is 6.59. The molecule has 2 nitrogen and oxygen atoms in total. The van der Waals surface area contributed by atoms with E-state index in [9.17, 15) is 5.11 Å². The zero-order valence-electron chi connectivity index (χ0n) is 11.4. The minimum atomic E-state index is 0.377. The molecule has 0 aliphatic heterocycles. The molecule has 19 heavy (non-hydrogen) atoms. The fraction of sp³-hybridized carbons (Fsp3) is 0.250. The van der Waals surface area contributed by atoms with Gasteiger partial charge in [0.1, 0.15) is 5.75 Å². The van der Waals surface area contributed by atoms with Crippen LogP contribution in [0.25, 0.3) is 0 Å². The Morgan fingerprint density at radius 1 is 1.00 bits per heavy atom. The van der Waals surface area contributed by atoms with Crippen molar-refractivity contribution in [3.05, 3.63) is 57.6 Å². The maximum absolute atomic E-state index is 9.76. The molecule has 0 unspecified atom stereocenters. The lowest BCUT2D eigenvalue weighted by molar-refractivity contribution is 0.466. The first kappa shape index (κ1) is 13.8. The summed E-state index contributed by atoms with van der Waals surface area (Å²) in [5.74, 6) is 0.377. The number of aryl methyl sites for hydroxylation is 3.